The lowest BCUT2D eigenvalue weighted by Gasteiger charge is -2.19. The van der Waals surface area contributed by atoms with Crippen LogP contribution >= 0.6 is 0 Å². The van der Waals surface area contributed by atoms with Crippen LogP contribution in [0.2, 0.25) is 0 Å². The Bertz CT molecular complexity index is 1330. The summed E-state index contributed by atoms with van der Waals surface area (Å²) in [6, 6.07) is 0.915. The average molecular weight is 537 g/mol. The molecule has 0 radical (unpaired) electrons. The topological polar surface area (TPSA) is 126 Å². The van der Waals surface area contributed by atoms with Gasteiger partial charge < -0.3 is 5.32 Å². The van der Waals surface area contributed by atoms with Gasteiger partial charge in [-0.1, -0.05) is 0 Å². The van der Waals surface area contributed by atoms with E-state index in [-0.39, 0.29) is 18.2 Å². The molecule has 3 N–H and O–H groups in total. The summed E-state index contributed by atoms with van der Waals surface area (Å²) in [4.78, 5) is 23.5. The Labute approximate surface area is 199 Å². The molecule has 3 aromatic rings. The largest absolute Gasteiger partial charge is 0.416 e. The zero-order chi connectivity index (χ0) is 26.9. The highest BCUT2D eigenvalue weighted by atomic mass is 32.2. The highest BCUT2D eigenvalue weighted by molar-refractivity contribution is 7.89. The van der Waals surface area contributed by atoms with Crippen molar-refractivity contribution in [3.05, 3.63) is 60.0 Å². The van der Waals surface area contributed by atoms with Crippen molar-refractivity contribution in [3.8, 4) is 11.3 Å². The number of nitrogens with zero attached hydrogens (tertiary/aromatic N) is 2. The summed E-state index contributed by atoms with van der Waals surface area (Å²) in [6.07, 6.45) is -7.40. The maximum Gasteiger partial charge on any atom is 0.416 e. The third-order valence-electron chi connectivity index (χ3n) is 4.88. The second kappa shape index (κ2) is 9.77. The molecule has 0 saturated carbocycles. The van der Waals surface area contributed by atoms with Gasteiger partial charge >= 0.3 is 12.4 Å². The minimum absolute atomic E-state index is 0.00430. The van der Waals surface area contributed by atoms with Crippen LogP contribution in [-0.2, 0) is 27.2 Å². The van der Waals surface area contributed by atoms with E-state index in [2.05, 4.69) is 15.5 Å². The SMILES string of the molecule is CNC(=O)C[C@H](NS(=O)(=O)c1cc(C(F)(F)F)cc(C(F)(F)F)c1)C(=O)n1ccc(-c2cc[nH]n2)c1. The van der Waals surface area contributed by atoms with Gasteiger partial charge in [-0.25, -0.2) is 8.42 Å². The predicted octanol–water partition coefficient (Wildman–Crippen LogP) is 3.04. The molecule has 1 aromatic carbocycles. The first-order valence-electron chi connectivity index (χ1n) is 9.86. The normalized spacial score (nSPS) is 13.4. The van der Waals surface area contributed by atoms with Crippen molar-refractivity contribution in [1.82, 2.24) is 24.8 Å². The maximum absolute atomic E-state index is 13.2. The smallest absolute Gasteiger partial charge is 0.359 e. The van der Waals surface area contributed by atoms with E-state index in [0.717, 1.165) is 4.57 Å². The third-order valence-corrected chi connectivity index (χ3v) is 6.33. The highest BCUT2D eigenvalue weighted by Crippen LogP contribution is 2.37. The van der Waals surface area contributed by atoms with Crippen LogP contribution in [0.5, 0.6) is 0 Å². The summed E-state index contributed by atoms with van der Waals surface area (Å²) in [5.74, 6) is -1.84. The van der Waals surface area contributed by atoms with Crippen LogP contribution in [0, 0.1) is 0 Å². The number of sulfonamides is 1. The molecule has 0 aliphatic heterocycles. The Kier molecular flexibility index (Phi) is 7.31. The maximum atomic E-state index is 13.2. The van der Waals surface area contributed by atoms with Crippen molar-refractivity contribution in [1.29, 1.82) is 0 Å². The van der Waals surface area contributed by atoms with E-state index in [9.17, 15) is 44.3 Å². The monoisotopic (exact) mass is 537 g/mol. The molecule has 1 amide bonds. The zero-order valence-corrected chi connectivity index (χ0v) is 18.9. The predicted molar refractivity (Wildman–Crippen MR) is 112 cm³/mol. The molecule has 3 rings (SSSR count). The first-order valence-corrected chi connectivity index (χ1v) is 11.3. The van der Waals surface area contributed by atoms with E-state index in [1.165, 1.54) is 31.7 Å². The van der Waals surface area contributed by atoms with Crippen molar-refractivity contribution >= 4 is 21.8 Å². The molecule has 36 heavy (non-hydrogen) atoms. The van der Waals surface area contributed by atoms with Crippen LogP contribution in [0.1, 0.15) is 22.3 Å². The van der Waals surface area contributed by atoms with Crippen LogP contribution in [0.25, 0.3) is 11.3 Å². The van der Waals surface area contributed by atoms with Crippen molar-refractivity contribution in [3.63, 3.8) is 0 Å². The third kappa shape index (κ3) is 6.12. The number of halogens is 6. The lowest BCUT2D eigenvalue weighted by Crippen LogP contribution is -2.45. The Morgan fingerprint density at radius 1 is 1.06 bits per heavy atom. The number of aromatic amines is 1. The minimum Gasteiger partial charge on any atom is -0.359 e. The summed E-state index contributed by atoms with van der Waals surface area (Å²) in [7, 11) is -3.96. The molecule has 2 aromatic heterocycles. The van der Waals surface area contributed by atoms with E-state index >= 15 is 0 Å². The fourth-order valence-electron chi connectivity index (χ4n) is 3.09. The number of amides is 1. The number of carbonyl (C=O) groups is 2. The summed E-state index contributed by atoms with van der Waals surface area (Å²) in [5.41, 5.74) is -2.87. The summed E-state index contributed by atoms with van der Waals surface area (Å²) >= 11 is 0. The number of hydrogen-bond donors (Lipinski definition) is 3. The summed E-state index contributed by atoms with van der Waals surface area (Å²) < 4.78 is 107. The van der Waals surface area contributed by atoms with Gasteiger partial charge in [-0.05, 0) is 30.3 Å². The van der Waals surface area contributed by atoms with Gasteiger partial charge in [-0.3, -0.25) is 19.3 Å². The van der Waals surface area contributed by atoms with Gasteiger partial charge in [-0.2, -0.15) is 36.2 Å². The lowest BCUT2D eigenvalue weighted by molar-refractivity contribution is -0.143. The molecule has 0 aliphatic rings. The fourth-order valence-corrected chi connectivity index (χ4v) is 4.35. The van der Waals surface area contributed by atoms with Gasteiger partial charge in [0.15, 0.2) is 0 Å². The van der Waals surface area contributed by atoms with E-state index in [1.54, 1.807) is 10.8 Å². The van der Waals surface area contributed by atoms with Crippen molar-refractivity contribution in [2.75, 3.05) is 7.05 Å². The van der Waals surface area contributed by atoms with Crippen LogP contribution < -0.4 is 10.0 Å². The number of alkyl halides is 6. The van der Waals surface area contributed by atoms with Crippen molar-refractivity contribution in [2.24, 2.45) is 0 Å². The van der Waals surface area contributed by atoms with Crippen LogP contribution in [0.15, 0.2) is 53.8 Å². The average Bonchev–Trinajstić information content (AvgIpc) is 3.48. The number of rotatable bonds is 7. The van der Waals surface area contributed by atoms with E-state index in [0.29, 0.717) is 11.3 Å². The first kappa shape index (κ1) is 26.9. The molecule has 1 atom stereocenters. The molecule has 0 saturated heterocycles. The molecule has 0 fully saturated rings. The molecule has 16 heteroatoms. The zero-order valence-electron chi connectivity index (χ0n) is 18.1. The van der Waals surface area contributed by atoms with E-state index in [4.69, 9.17) is 0 Å². The Morgan fingerprint density at radius 3 is 2.17 bits per heavy atom. The van der Waals surface area contributed by atoms with Gasteiger partial charge in [0.1, 0.15) is 6.04 Å². The number of benzene rings is 1. The number of nitrogens with one attached hydrogen (secondary N) is 3. The molecule has 194 valence electrons. The molecule has 0 aliphatic carbocycles. The van der Waals surface area contributed by atoms with E-state index < -0.39 is 62.7 Å². The highest BCUT2D eigenvalue weighted by Gasteiger charge is 2.39. The number of carbonyl (C=O) groups excluding carboxylic acids is 2. The van der Waals surface area contributed by atoms with Gasteiger partial charge in [0.25, 0.3) is 0 Å². The second-order valence-electron chi connectivity index (χ2n) is 7.40. The van der Waals surface area contributed by atoms with Gasteiger partial charge in [0.05, 0.1) is 28.1 Å². The van der Waals surface area contributed by atoms with Crippen molar-refractivity contribution < 1.29 is 44.3 Å². The molecular formula is C20H17F6N5O4S. The fraction of sp³-hybridized carbons (Fsp3) is 0.250. The standard InChI is InChI=1S/C20H17F6N5O4S/c1-27-17(32)9-16(18(33)31-5-3-11(10-31)15-2-4-28-29-15)30-36(34,35)14-7-12(19(21,22)23)6-13(8-14)20(24,25)26/h2-8,10,16,30H,9H2,1H3,(H,27,32)(H,28,29)/t16-/m0/s1. The van der Waals surface area contributed by atoms with Crippen LogP contribution in [0.4, 0.5) is 26.3 Å². The molecular weight excluding hydrogens is 520 g/mol. The van der Waals surface area contributed by atoms with Crippen molar-refractivity contribution in [2.45, 2.75) is 29.7 Å². The minimum atomic E-state index is -5.29. The van der Waals surface area contributed by atoms with Gasteiger partial charge in [0.2, 0.25) is 21.8 Å². The Hall–Kier alpha value is -3.66. The van der Waals surface area contributed by atoms with Gasteiger partial charge in [0, 0.05) is 31.2 Å². The second-order valence-corrected chi connectivity index (χ2v) is 9.11. The van der Waals surface area contributed by atoms with Crippen LogP contribution in [0.3, 0.4) is 0 Å². The first-order chi connectivity index (χ1) is 16.6. The van der Waals surface area contributed by atoms with Crippen LogP contribution in [-0.4, -0.2) is 48.1 Å². The molecule has 0 spiro atoms. The lowest BCUT2D eigenvalue weighted by atomic mass is 10.1. The summed E-state index contributed by atoms with van der Waals surface area (Å²) in [6.45, 7) is 0. The number of H-pyrrole nitrogens is 1. The Balaban J connectivity index is 2.00. The summed E-state index contributed by atoms with van der Waals surface area (Å²) in [5, 5.41) is 8.63. The molecule has 0 bridgehead atoms. The quantitative estimate of drug-likeness (QED) is 0.400. The Morgan fingerprint density at radius 2 is 1.67 bits per heavy atom. The van der Waals surface area contributed by atoms with E-state index in [1.807, 2.05) is 0 Å². The molecule has 9 nitrogen and oxygen atoms in total. The number of aromatic nitrogens is 3. The molecule has 0 unspecified atom stereocenters. The number of hydrogen-bond acceptors (Lipinski definition) is 5. The van der Waals surface area contributed by atoms with Gasteiger partial charge in [-0.15, -0.1) is 0 Å². The molecule has 2 heterocycles.